The molecular weight excluding hydrogens is 358 g/mol. The van der Waals surface area contributed by atoms with E-state index in [9.17, 15) is 9.59 Å². The Hall–Kier alpha value is -1.60. The number of benzene rings is 1. The Bertz CT molecular complexity index is 585. The molecule has 1 heterocycles. The van der Waals surface area contributed by atoms with Gasteiger partial charge in [-0.25, -0.2) is 4.79 Å². The van der Waals surface area contributed by atoms with Gasteiger partial charge in [-0.15, -0.1) is 30.1 Å². The lowest BCUT2D eigenvalue weighted by Gasteiger charge is -2.21. The summed E-state index contributed by atoms with van der Waals surface area (Å²) >= 11 is 3.90. The molecule has 2 rings (SSSR count). The van der Waals surface area contributed by atoms with E-state index in [-0.39, 0.29) is 6.61 Å². The highest BCUT2D eigenvalue weighted by Crippen LogP contribution is 2.43. The number of amides is 1. The smallest absolute Gasteiger partial charge is 0.326 e. The van der Waals surface area contributed by atoms with Crippen LogP contribution < -0.4 is 10.1 Å². The van der Waals surface area contributed by atoms with E-state index in [1.165, 1.54) is 23.5 Å². The van der Waals surface area contributed by atoms with Gasteiger partial charge in [0.15, 0.2) is 6.61 Å². The summed E-state index contributed by atoms with van der Waals surface area (Å²) in [7, 11) is 0. The molecule has 2 N–H and O–H groups in total. The van der Waals surface area contributed by atoms with Crippen LogP contribution in [-0.2, 0) is 9.59 Å². The van der Waals surface area contributed by atoms with E-state index < -0.39 is 17.9 Å². The first-order valence-electron chi connectivity index (χ1n) is 8.19. The molecule has 1 aliphatic rings. The molecule has 1 amide bonds. The Balaban J connectivity index is 1.80. The number of allylic oxidation sites excluding steroid dienone is 1. The van der Waals surface area contributed by atoms with Gasteiger partial charge in [0, 0.05) is 0 Å². The molecule has 0 bridgehead atoms. The lowest BCUT2D eigenvalue weighted by atomic mass is 10.1. The number of carboxylic acids is 1. The molecule has 1 aliphatic heterocycles. The normalized spacial score (nSPS) is 16.0. The summed E-state index contributed by atoms with van der Waals surface area (Å²) in [6, 6.07) is 6.83. The maximum atomic E-state index is 11.9. The number of carbonyl (C=O) groups is 2. The van der Waals surface area contributed by atoms with Crippen LogP contribution in [0.25, 0.3) is 0 Å². The average Bonchev–Trinajstić information content (AvgIpc) is 2.64. The molecule has 1 aromatic rings. The summed E-state index contributed by atoms with van der Waals surface area (Å²) in [6.07, 6.45) is 3.72. The van der Waals surface area contributed by atoms with Crippen molar-refractivity contribution in [3.63, 3.8) is 0 Å². The van der Waals surface area contributed by atoms with Crippen LogP contribution in [0.2, 0.25) is 0 Å². The van der Waals surface area contributed by atoms with Gasteiger partial charge in [0.1, 0.15) is 11.8 Å². The van der Waals surface area contributed by atoms with Crippen LogP contribution >= 0.6 is 23.5 Å². The first kappa shape index (κ1) is 19.7. The molecule has 1 unspecified atom stereocenters. The van der Waals surface area contributed by atoms with Crippen molar-refractivity contribution in [1.29, 1.82) is 0 Å². The highest BCUT2D eigenvalue weighted by Gasteiger charge is 2.19. The largest absolute Gasteiger partial charge is 0.484 e. The number of aliphatic carboxylic acids is 1. The monoisotopic (exact) mass is 381 g/mol. The summed E-state index contributed by atoms with van der Waals surface area (Å²) in [5.41, 5.74) is 1.25. The van der Waals surface area contributed by atoms with Gasteiger partial charge in [0.25, 0.3) is 5.91 Å². The molecule has 5 nitrogen and oxygen atoms in total. The van der Waals surface area contributed by atoms with Gasteiger partial charge in [-0.2, -0.15) is 0 Å². The van der Waals surface area contributed by atoms with Crippen molar-refractivity contribution in [2.24, 2.45) is 0 Å². The Morgan fingerprint density at radius 3 is 2.60 bits per heavy atom. The van der Waals surface area contributed by atoms with Crippen molar-refractivity contribution in [1.82, 2.24) is 5.32 Å². The molecule has 1 atom stereocenters. The molecule has 136 valence electrons. The third-order valence-electron chi connectivity index (χ3n) is 3.64. The number of carbonyl (C=O) groups excluding carboxylic acids is 1. The fraction of sp³-hybridized carbons (Fsp3) is 0.444. The highest BCUT2D eigenvalue weighted by molar-refractivity contribution is 8.16. The SMILES string of the molecule is C=CCCC(NC(=O)COc1ccc(C2SCCCS2)cc1)C(=O)O. The standard InChI is InChI=1S/C18H23NO4S2/c1-2-3-5-15(17(21)22)19-16(20)12-23-14-8-6-13(7-9-14)18-24-10-4-11-25-18/h2,6-9,15,18H,1,3-5,10-12H2,(H,19,20)(H,21,22). The number of carboxylic acid groups (broad SMARTS) is 1. The third-order valence-corrected chi connectivity index (χ3v) is 6.66. The number of hydrogen-bond acceptors (Lipinski definition) is 5. The van der Waals surface area contributed by atoms with Crippen LogP contribution in [-0.4, -0.2) is 41.1 Å². The van der Waals surface area contributed by atoms with Crippen LogP contribution in [0.5, 0.6) is 5.75 Å². The van der Waals surface area contributed by atoms with Crippen molar-refractivity contribution >= 4 is 35.4 Å². The lowest BCUT2D eigenvalue weighted by Crippen LogP contribution is -2.42. The van der Waals surface area contributed by atoms with Crippen molar-refractivity contribution in [2.75, 3.05) is 18.1 Å². The Kier molecular flexibility index (Phi) is 8.21. The Morgan fingerprint density at radius 1 is 1.32 bits per heavy atom. The van der Waals surface area contributed by atoms with Gasteiger partial charge in [0.2, 0.25) is 0 Å². The van der Waals surface area contributed by atoms with Crippen LogP contribution in [0, 0.1) is 0 Å². The predicted molar refractivity (Wildman–Crippen MR) is 103 cm³/mol. The molecule has 1 saturated heterocycles. The predicted octanol–water partition coefficient (Wildman–Crippen LogP) is 3.47. The van der Waals surface area contributed by atoms with E-state index in [0.717, 1.165) is 0 Å². The number of rotatable bonds is 9. The number of thioether (sulfide) groups is 2. The molecule has 0 saturated carbocycles. The Morgan fingerprint density at radius 2 is 2.00 bits per heavy atom. The molecule has 1 fully saturated rings. The third kappa shape index (κ3) is 6.66. The average molecular weight is 382 g/mol. The summed E-state index contributed by atoms with van der Waals surface area (Å²) in [4.78, 5) is 23.0. The first-order valence-corrected chi connectivity index (χ1v) is 10.3. The fourth-order valence-electron chi connectivity index (χ4n) is 2.33. The van der Waals surface area contributed by atoms with E-state index in [0.29, 0.717) is 23.2 Å². The van der Waals surface area contributed by atoms with E-state index in [1.807, 2.05) is 47.8 Å². The minimum Gasteiger partial charge on any atom is -0.484 e. The number of nitrogens with one attached hydrogen (secondary N) is 1. The van der Waals surface area contributed by atoms with Crippen LogP contribution in [0.15, 0.2) is 36.9 Å². The summed E-state index contributed by atoms with van der Waals surface area (Å²) in [5, 5.41) is 11.6. The van der Waals surface area contributed by atoms with Gasteiger partial charge in [-0.05, 0) is 48.5 Å². The zero-order valence-corrected chi connectivity index (χ0v) is 15.6. The lowest BCUT2D eigenvalue weighted by molar-refractivity contribution is -0.142. The maximum absolute atomic E-state index is 11.9. The maximum Gasteiger partial charge on any atom is 0.326 e. The van der Waals surface area contributed by atoms with Crippen molar-refractivity contribution in [3.05, 3.63) is 42.5 Å². The molecule has 0 aliphatic carbocycles. The van der Waals surface area contributed by atoms with Crippen molar-refractivity contribution in [2.45, 2.75) is 29.9 Å². The molecule has 25 heavy (non-hydrogen) atoms. The fourth-order valence-corrected chi connectivity index (χ4v) is 5.22. The molecule has 0 aromatic heterocycles. The zero-order chi connectivity index (χ0) is 18.1. The topological polar surface area (TPSA) is 75.6 Å². The molecule has 7 heteroatoms. The van der Waals surface area contributed by atoms with Crippen molar-refractivity contribution in [3.8, 4) is 5.75 Å². The minimum absolute atomic E-state index is 0.204. The van der Waals surface area contributed by atoms with Crippen LogP contribution in [0.3, 0.4) is 0 Å². The van der Waals surface area contributed by atoms with Crippen LogP contribution in [0.1, 0.15) is 29.4 Å². The first-order chi connectivity index (χ1) is 12.1. The van der Waals surface area contributed by atoms with Gasteiger partial charge >= 0.3 is 5.97 Å². The molecule has 0 spiro atoms. The zero-order valence-electron chi connectivity index (χ0n) is 14.0. The van der Waals surface area contributed by atoms with Gasteiger partial charge in [0.05, 0.1) is 4.58 Å². The van der Waals surface area contributed by atoms with E-state index in [1.54, 1.807) is 6.08 Å². The van der Waals surface area contributed by atoms with Gasteiger partial charge in [-0.3, -0.25) is 4.79 Å². The Labute approximate surface area is 156 Å². The summed E-state index contributed by atoms with van der Waals surface area (Å²) in [5.74, 6) is 1.47. The van der Waals surface area contributed by atoms with Gasteiger partial charge in [-0.1, -0.05) is 18.2 Å². The second-order valence-electron chi connectivity index (χ2n) is 5.61. The summed E-state index contributed by atoms with van der Waals surface area (Å²) in [6.45, 7) is 3.35. The molecule has 1 aromatic carbocycles. The van der Waals surface area contributed by atoms with Crippen molar-refractivity contribution < 1.29 is 19.4 Å². The van der Waals surface area contributed by atoms with E-state index in [2.05, 4.69) is 11.9 Å². The van der Waals surface area contributed by atoms with E-state index in [4.69, 9.17) is 9.84 Å². The second-order valence-corrected chi connectivity index (χ2v) is 8.33. The number of ether oxygens (including phenoxy) is 1. The number of hydrogen-bond donors (Lipinski definition) is 2. The summed E-state index contributed by atoms with van der Waals surface area (Å²) < 4.78 is 5.92. The quantitative estimate of drug-likeness (QED) is 0.638. The van der Waals surface area contributed by atoms with Crippen LogP contribution in [0.4, 0.5) is 0 Å². The molecular formula is C18H23NO4S2. The molecule has 0 radical (unpaired) electrons. The van der Waals surface area contributed by atoms with E-state index >= 15 is 0 Å². The minimum atomic E-state index is -1.05. The van der Waals surface area contributed by atoms with Gasteiger partial charge < -0.3 is 15.2 Å². The second kappa shape index (κ2) is 10.4. The highest BCUT2D eigenvalue weighted by atomic mass is 32.2.